The maximum absolute atomic E-state index is 12.6. The molecule has 2 aromatic carbocycles. The van der Waals surface area contributed by atoms with Crippen molar-refractivity contribution in [1.82, 2.24) is 0 Å². The molecule has 1 aliphatic rings. The lowest BCUT2D eigenvalue weighted by Crippen LogP contribution is -2.38. The van der Waals surface area contributed by atoms with Crippen LogP contribution in [0.2, 0.25) is 0 Å². The molecule has 1 amide bonds. The number of ether oxygens (including phenoxy) is 1. The summed E-state index contributed by atoms with van der Waals surface area (Å²) in [5.41, 5.74) is 5.77. The predicted octanol–water partition coefficient (Wildman–Crippen LogP) is 3.97. The number of aryl methyl sites for hydroxylation is 4. The van der Waals surface area contributed by atoms with Gasteiger partial charge in [0.2, 0.25) is 0 Å². The van der Waals surface area contributed by atoms with Crippen LogP contribution < -0.4 is 9.64 Å². The fraction of sp³-hybridized carbons (Fsp3) is 0.350. The van der Waals surface area contributed by atoms with Crippen LogP contribution in [0.3, 0.4) is 0 Å². The standard InChI is InChI=1S/C20H23NO2/c1-14-11-16(3)19(12-15(14)2)23-13-20(22)21-10-6-8-17-7-4-5-9-18(17)21/h4-5,7,9,11-12H,6,8,10,13H2,1-3H3. The summed E-state index contributed by atoms with van der Waals surface area (Å²) in [4.78, 5) is 14.5. The van der Waals surface area contributed by atoms with E-state index in [4.69, 9.17) is 4.74 Å². The van der Waals surface area contributed by atoms with Gasteiger partial charge in [-0.15, -0.1) is 0 Å². The van der Waals surface area contributed by atoms with Gasteiger partial charge in [0.25, 0.3) is 5.91 Å². The number of fused-ring (bicyclic) bond motifs is 1. The number of rotatable bonds is 3. The average Bonchev–Trinajstić information content (AvgIpc) is 2.56. The van der Waals surface area contributed by atoms with Gasteiger partial charge in [0.15, 0.2) is 6.61 Å². The SMILES string of the molecule is Cc1cc(C)c(OCC(=O)N2CCCc3ccccc32)cc1C. The highest BCUT2D eigenvalue weighted by molar-refractivity contribution is 5.95. The van der Waals surface area contributed by atoms with Crippen molar-refractivity contribution in [3.05, 3.63) is 58.7 Å². The summed E-state index contributed by atoms with van der Waals surface area (Å²) in [7, 11) is 0. The van der Waals surface area contributed by atoms with E-state index in [1.165, 1.54) is 16.7 Å². The quantitative estimate of drug-likeness (QED) is 0.858. The molecule has 23 heavy (non-hydrogen) atoms. The Bertz CT molecular complexity index is 736. The smallest absolute Gasteiger partial charge is 0.264 e. The van der Waals surface area contributed by atoms with Crippen LogP contribution in [-0.2, 0) is 11.2 Å². The van der Waals surface area contributed by atoms with Crippen molar-refractivity contribution in [3.63, 3.8) is 0 Å². The minimum Gasteiger partial charge on any atom is -0.483 e. The number of anilines is 1. The van der Waals surface area contributed by atoms with E-state index in [1.54, 1.807) is 0 Å². The topological polar surface area (TPSA) is 29.5 Å². The van der Waals surface area contributed by atoms with E-state index >= 15 is 0 Å². The molecular formula is C20H23NO2. The lowest BCUT2D eigenvalue weighted by molar-refractivity contribution is -0.120. The molecule has 1 heterocycles. The van der Waals surface area contributed by atoms with Crippen LogP contribution in [0.4, 0.5) is 5.69 Å². The van der Waals surface area contributed by atoms with E-state index in [9.17, 15) is 4.79 Å². The van der Waals surface area contributed by atoms with Crippen molar-refractivity contribution in [1.29, 1.82) is 0 Å². The third-order valence-electron chi connectivity index (χ3n) is 4.55. The first kappa shape index (κ1) is 15.6. The van der Waals surface area contributed by atoms with Crippen molar-refractivity contribution < 1.29 is 9.53 Å². The van der Waals surface area contributed by atoms with E-state index < -0.39 is 0 Å². The van der Waals surface area contributed by atoms with Crippen molar-refractivity contribution in [3.8, 4) is 5.75 Å². The third-order valence-corrected chi connectivity index (χ3v) is 4.55. The molecular weight excluding hydrogens is 286 g/mol. The normalized spacial score (nSPS) is 13.6. The molecule has 3 nitrogen and oxygen atoms in total. The Morgan fingerprint density at radius 1 is 1.09 bits per heavy atom. The summed E-state index contributed by atoms with van der Waals surface area (Å²) in [6.45, 7) is 7.01. The van der Waals surface area contributed by atoms with Gasteiger partial charge in [-0.1, -0.05) is 24.3 Å². The van der Waals surface area contributed by atoms with Gasteiger partial charge in [-0.2, -0.15) is 0 Å². The molecule has 0 N–H and O–H groups in total. The largest absolute Gasteiger partial charge is 0.483 e. The third kappa shape index (κ3) is 3.24. The van der Waals surface area contributed by atoms with E-state index in [0.717, 1.165) is 36.4 Å². The molecule has 0 saturated heterocycles. The van der Waals surface area contributed by atoms with E-state index in [1.807, 2.05) is 36.1 Å². The molecule has 3 heteroatoms. The fourth-order valence-corrected chi connectivity index (χ4v) is 3.10. The number of carbonyl (C=O) groups is 1. The molecule has 0 atom stereocenters. The number of para-hydroxylation sites is 1. The Balaban J connectivity index is 1.73. The molecule has 2 aromatic rings. The van der Waals surface area contributed by atoms with Crippen LogP contribution >= 0.6 is 0 Å². The minimum absolute atomic E-state index is 0.0229. The van der Waals surface area contributed by atoms with Crippen molar-refractivity contribution >= 4 is 11.6 Å². The van der Waals surface area contributed by atoms with Gasteiger partial charge in [0.05, 0.1) is 0 Å². The first-order chi connectivity index (χ1) is 11.1. The van der Waals surface area contributed by atoms with Gasteiger partial charge in [-0.05, 0) is 68.0 Å². The molecule has 3 rings (SSSR count). The van der Waals surface area contributed by atoms with Crippen LogP contribution in [-0.4, -0.2) is 19.1 Å². The Labute approximate surface area is 137 Å². The number of hydrogen-bond acceptors (Lipinski definition) is 2. The van der Waals surface area contributed by atoms with Crippen LogP contribution in [0.25, 0.3) is 0 Å². The maximum atomic E-state index is 12.6. The second kappa shape index (κ2) is 6.45. The highest BCUT2D eigenvalue weighted by Gasteiger charge is 2.22. The van der Waals surface area contributed by atoms with Crippen molar-refractivity contribution in [2.45, 2.75) is 33.6 Å². The summed E-state index contributed by atoms with van der Waals surface area (Å²) < 4.78 is 5.81. The summed E-state index contributed by atoms with van der Waals surface area (Å²) in [5, 5.41) is 0. The molecule has 0 fully saturated rings. The fourth-order valence-electron chi connectivity index (χ4n) is 3.10. The monoisotopic (exact) mass is 309 g/mol. The zero-order valence-electron chi connectivity index (χ0n) is 14.1. The molecule has 1 aliphatic heterocycles. The first-order valence-electron chi connectivity index (χ1n) is 8.15. The molecule has 0 bridgehead atoms. The Morgan fingerprint density at radius 2 is 1.83 bits per heavy atom. The zero-order valence-corrected chi connectivity index (χ0v) is 14.1. The molecule has 0 aromatic heterocycles. The minimum atomic E-state index is 0.0229. The maximum Gasteiger partial charge on any atom is 0.264 e. The molecule has 0 saturated carbocycles. The number of nitrogens with zero attached hydrogens (tertiary/aromatic N) is 1. The van der Waals surface area contributed by atoms with Crippen molar-refractivity contribution in [2.75, 3.05) is 18.1 Å². The average molecular weight is 309 g/mol. The Hall–Kier alpha value is -2.29. The summed E-state index contributed by atoms with van der Waals surface area (Å²) in [6.07, 6.45) is 2.04. The zero-order chi connectivity index (χ0) is 16.4. The first-order valence-corrected chi connectivity index (χ1v) is 8.15. The van der Waals surface area contributed by atoms with Gasteiger partial charge < -0.3 is 9.64 Å². The van der Waals surface area contributed by atoms with E-state index in [-0.39, 0.29) is 12.5 Å². The van der Waals surface area contributed by atoms with Crippen LogP contribution in [0.15, 0.2) is 36.4 Å². The predicted molar refractivity (Wildman–Crippen MR) is 93.3 cm³/mol. The number of hydrogen-bond donors (Lipinski definition) is 0. The van der Waals surface area contributed by atoms with Crippen LogP contribution in [0, 0.1) is 20.8 Å². The van der Waals surface area contributed by atoms with Gasteiger partial charge in [0.1, 0.15) is 5.75 Å². The molecule has 0 spiro atoms. The molecule has 0 aliphatic carbocycles. The second-order valence-corrected chi connectivity index (χ2v) is 6.27. The van der Waals surface area contributed by atoms with E-state index in [0.29, 0.717) is 0 Å². The highest BCUT2D eigenvalue weighted by atomic mass is 16.5. The summed E-state index contributed by atoms with van der Waals surface area (Å²) >= 11 is 0. The van der Waals surface area contributed by atoms with Crippen LogP contribution in [0.5, 0.6) is 5.75 Å². The highest BCUT2D eigenvalue weighted by Crippen LogP contribution is 2.27. The Morgan fingerprint density at radius 3 is 2.65 bits per heavy atom. The van der Waals surface area contributed by atoms with Crippen molar-refractivity contribution in [2.24, 2.45) is 0 Å². The van der Waals surface area contributed by atoms with Gasteiger partial charge in [-0.25, -0.2) is 0 Å². The second-order valence-electron chi connectivity index (χ2n) is 6.27. The van der Waals surface area contributed by atoms with Gasteiger partial charge in [-0.3, -0.25) is 4.79 Å². The van der Waals surface area contributed by atoms with Crippen LogP contribution in [0.1, 0.15) is 28.7 Å². The lowest BCUT2D eigenvalue weighted by atomic mass is 10.0. The molecule has 0 radical (unpaired) electrons. The number of benzene rings is 2. The number of amides is 1. The summed E-state index contributed by atoms with van der Waals surface area (Å²) in [5.74, 6) is 0.821. The van der Waals surface area contributed by atoms with Gasteiger partial charge >= 0.3 is 0 Å². The molecule has 0 unspecified atom stereocenters. The lowest BCUT2D eigenvalue weighted by Gasteiger charge is -2.29. The van der Waals surface area contributed by atoms with E-state index in [2.05, 4.69) is 26.0 Å². The van der Waals surface area contributed by atoms with Gasteiger partial charge in [0, 0.05) is 12.2 Å². The number of carbonyl (C=O) groups excluding carboxylic acids is 1. The Kier molecular flexibility index (Phi) is 4.37. The summed E-state index contributed by atoms with van der Waals surface area (Å²) in [6, 6.07) is 12.3. The molecule has 120 valence electrons.